The first-order valence-electron chi connectivity index (χ1n) is 4.59. The summed E-state index contributed by atoms with van der Waals surface area (Å²) in [6.45, 7) is 0. The third-order valence-electron chi connectivity index (χ3n) is 1.89. The second-order valence-electron chi connectivity index (χ2n) is 3.08. The van der Waals surface area contributed by atoms with Gasteiger partial charge in [-0.3, -0.25) is 4.55 Å². The molecule has 0 aliphatic heterocycles. The average Bonchev–Trinajstić information content (AvgIpc) is 2.28. The molecule has 1 N–H and O–H groups in total. The molecule has 93 valence electrons. The molecular weight excluding hydrogens is 280 g/mol. The van der Waals surface area contributed by atoms with Crippen molar-refractivity contribution in [3.63, 3.8) is 0 Å². The largest absolute Gasteiger partial charge is 0.366 e. The lowest BCUT2D eigenvalue weighted by atomic mass is 10.3. The van der Waals surface area contributed by atoms with Crippen LogP contribution in [0.5, 0.6) is 0 Å². The van der Waals surface area contributed by atoms with Gasteiger partial charge in [0.15, 0.2) is 0 Å². The van der Waals surface area contributed by atoms with Crippen LogP contribution in [0.3, 0.4) is 0 Å². The van der Waals surface area contributed by atoms with Gasteiger partial charge in [-0.25, -0.2) is 0 Å². The quantitative estimate of drug-likeness (QED) is 0.853. The molecule has 2 rings (SSSR count). The fraction of sp³-hybridized carbons (Fsp3) is 0. The molecule has 0 saturated heterocycles. The van der Waals surface area contributed by atoms with E-state index in [1.807, 2.05) is 0 Å². The number of hydrogen-bond donors (Lipinski definition) is 1. The van der Waals surface area contributed by atoms with Gasteiger partial charge in [0.25, 0.3) is 5.95 Å². The van der Waals surface area contributed by atoms with Crippen LogP contribution in [0, 0.1) is 6.33 Å². The Morgan fingerprint density at radius 1 is 1.22 bits per heavy atom. The molecule has 1 radical (unpaired) electrons. The highest BCUT2D eigenvalue weighted by atomic mass is 35.5. The maximum Gasteiger partial charge on any atom is 0.366 e. The first kappa shape index (κ1) is 12.7. The van der Waals surface area contributed by atoms with Gasteiger partial charge < -0.3 is 0 Å². The first-order chi connectivity index (χ1) is 8.48. The summed E-state index contributed by atoms with van der Waals surface area (Å²) in [7, 11) is -4.59. The van der Waals surface area contributed by atoms with Gasteiger partial charge in [-0.05, 0) is 23.7 Å². The maximum absolute atomic E-state index is 11.4. The molecule has 0 saturated carbocycles. The van der Waals surface area contributed by atoms with Crippen LogP contribution < -0.4 is 4.31 Å². The second kappa shape index (κ2) is 4.84. The molecule has 7 nitrogen and oxygen atoms in total. The SMILES string of the molecule is O=S(=O)(O)N(c1ccccc1)c1n[c]nc(Cl)n1. The number of halogens is 1. The predicted molar refractivity (Wildman–Crippen MR) is 63.8 cm³/mol. The van der Waals surface area contributed by atoms with Gasteiger partial charge in [-0.1, -0.05) is 18.2 Å². The molecule has 0 unspecified atom stereocenters. The van der Waals surface area contributed by atoms with E-state index in [0.29, 0.717) is 4.31 Å². The molecule has 0 atom stereocenters. The van der Waals surface area contributed by atoms with E-state index in [-0.39, 0.29) is 16.9 Å². The zero-order chi connectivity index (χ0) is 13.2. The van der Waals surface area contributed by atoms with E-state index >= 15 is 0 Å². The van der Waals surface area contributed by atoms with E-state index in [4.69, 9.17) is 11.6 Å². The van der Waals surface area contributed by atoms with E-state index < -0.39 is 10.3 Å². The number of anilines is 2. The predicted octanol–water partition coefficient (Wildman–Crippen LogP) is 1.27. The summed E-state index contributed by atoms with van der Waals surface area (Å²) in [5.41, 5.74) is 0.163. The second-order valence-corrected chi connectivity index (χ2v) is 4.68. The summed E-state index contributed by atoms with van der Waals surface area (Å²) >= 11 is 5.53. The van der Waals surface area contributed by atoms with Crippen LogP contribution in [0.1, 0.15) is 0 Å². The normalized spacial score (nSPS) is 11.2. The molecule has 2 aromatic rings. The molecule has 0 spiro atoms. The molecule has 18 heavy (non-hydrogen) atoms. The Bertz CT molecular complexity index is 650. The van der Waals surface area contributed by atoms with Gasteiger partial charge in [0.05, 0.1) is 5.69 Å². The van der Waals surface area contributed by atoms with Gasteiger partial charge >= 0.3 is 10.3 Å². The topological polar surface area (TPSA) is 96.3 Å². The molecule has 0 aliphatic carbocycles. The summed E-state index contributed by atoms with van der Waals surface area (Å²) in [6, 6.07) is 7.81. The summed E-state index contributed by atoms with van der Waals surface area (Å²) in [4.78, 5) is 10.6. The van der Waals surface area contributed by atoms with Gasteiger partial charge in [0, 0.05) is 0 Å². The Kier molecular flexibility index (Phi) is 3.41. The standard InChI is InChI=1S/C9H6ClN4O3S/c10-8-11-6-12-9(13-8)14(18(15,16)17)7-4-2-1-3-5-7/h1-5H,(H,15,16,17). The molecule has 9 heteroatoms. The third-order valence-corrected chi connectivity index (χ3v) is 2.89. The monoisotopic (exact) mass is 285 g/mol. The van der Waals surface area contributed by atoms with Crippen molar-refractivity contribution >= 4 is 33.5 Å². The van der Waals surface area contributed by atoms with Crippen LogP contribution in [-0.4, -0.2) is 27.9 Å². The molecule has 0 bridgehead atoms. The van der Waals surface area contributed by atoms with Crippen molar-refractivity contribution in [2.24, 2.45) is 0 Å². The highest BCUT2D eigenvalue weighted by molar-refractivity contribution is 7.87. The summed E-state index contributed by atoms with van der Waals surface area (Å²) in [5.74, 6) is -0.344. The van der Waals surface area contributed by atoms with Crippen LogP contribution >= 0.6 is 11.6 Å². The zero-order valence-corrected chi connectivity index (χ0v) is 10.3. The smallest absolute Gasteiger partial charge is 0.269 e. The van der Waals surface area contributed by atoms with Crippen molar-refractivity contribution in [2.75, 3.05) is 4.31 Å². The molecule has 0 aliphatic rings. The van der Waals surface area contributed by atoms with Crippen molar-refractivity contribution < 1.29 is 13.0 Å². The number of benzene rings is 1. The molecule has 1 aromatic carbocycles. The lowest BCUT2D eigenvalue weighted by Crippen LogP contribution is -2.27. The minimum atomic E-state index is -4.59. The number of hydrogen-bond acceptors (Lipinski definition) is 5. The molecule has 0 amide bonds. The third kappa shape index (κ3) is 2.73. The number of para-hydroxylation sites is 1. The Morgan fingerprint density at radius 2 is 1.89 bits per heavy atom. The minimum Gasteiger partial charge on any atom is -0.269 e. The van der Waals surface area contributed by atoms with Gasteiger partial charge in [0.2, 0.25) is 11.6 Å². The molecular formula is C9H6ClN4O3S. The molecule has 1 aromatic heterocycles. The van der Waals surface area contributed by atoms with Crippen LogP contribution in [-0.2, 0) is 10.3 Å². The Balaban J connectivity index is 2.58. The highest BCUT2D eigenvalue weighted by Crippen LogP contribution is 2.24. The lowest BCUT2D eigenvalue weighted by molar-refractivity contribution is 0.482. The van der Waals surface area contributed by atoms with Gasteiger partial charge in [-0.15, -0.1) is 0 Å². The lowest BCUT2D eigenvalue weighted by Gasteiger charge is -2.17. The van der Waals surface area contributed by atoms with Gasteiger partial charge in [0.1, 0.15) is 0 Å². The number of nitrogens with zero attached hydrogens (tertiary/aromatic N) is 4. The molecule has 0 fully saturated rings. The van der Waals surface area contributed by atoms with E-state index in [0.717, 1.165) is 0 Å². The van der Waals surface area contributed by atoms with Crippen molar-refractivity contribution in [2.45, 2.75) is 0 Å². The minimum absolute atomic E-state index is 0.163. The van der Waals surface area contributed by atoms with Crippen LogP contribution in [0.2, 0.25) is 5.28 Å². The fourth-order valence-electron chi connectivity index (χ4n) is 1.25. The highest BCUT2D eigenvalue weighted by Gasteiger charge is 2.24. The number of rotatable bonds is 3. The van der Waals surface area contributed by atoms with E-state index in [1.54, 1.807) is 18.2 Å². The zero-order valence-electron chi connectivity index (χ0n) is 8.73. The Labute approximate surface area is 108 Å². The van der Waals surface area contributed by atoms with Crippen LogP contribution in [0.4, 0.5) is 11.6 Å². The Morgan fingerprint density at radius 3 is 2.44 bits per heavy atom. The number of aromatic nitrogens is 3. The Hall–Kier alpha value is -1.77. The first-order valence-corrected chi connectivity index (χ1v) is 6.36. The van der Waals surface area contributed by atoms with Gasteiger partial charge in [-0.2, -0.15) is 27.7 Å². The summed E-state index contributed by atoms with van der Waals surface area (Å²) in [5, 5.41) is -0.232. The van der Waals surface area contributed by atoms with E-state index in [1.165, 1.54) is 12.1 Å². The summed E-state index contributed by atoms with van der Waals surface area (Å²) < 4.78 is 32.5. The van der Waals surface area contributed by atoms with E-state index in [2.05, 4.69) is 21.3 Å². The van der Waals surface area contributed by atoms with Crippen molar-refractivity contribution in [3.05, 3.63) is 41.9 Å². The van der Waals surface area contributed by atoms with Crippen molar-refractivity contribution in [3.8, 4) is 0 Å². The van der Waals surface area contributed by atoms with Crippen LogP contribution in [0.15, 0.2) is 30.3 Å². The fourth-order valence-corrected chi connectivity index (χ4v) is 2.04. The van der Waals surface area contributed by atoms with Crippen molar-refractivity contribution in [1.82, 2.24) is 15.0 Å². The molecule has 1 heterocycles. The maximum atomic E-state index is 11.4. The summed E-state index contributed by atoms with van der Waals surface area (Å²) in [6.07, 6.45) is 2.14. The van der Waals surface area contributed by atoms with Crippen LogP contribution in [0.25, 0.3) is 0 Å². The van der Waals surface area contributed by atoms with E-state index in [9.17, 15) is 13.0 Å². The average molecular weight is 286 g/mol. The van der Waals surface area contributed by atoms with Crippen molar-refractivity contribution in [1.29, 1.82) is 0 Å².